The normalized spacial score (nSPS) is 11.8. The predicted molar refractivity (Wildman–Crippen MR) is 78.9 cm³/mol. The number of aromatic nitrogens is 1. The number of rotatable bonds is 5. The Morgan fingerprint density at radius 1 is 1.10 bits per heavy atom. The Kier molecular flexibility index (Phi) is 4.52. The summed E-state index contributed by atoms with van der Waals surface area (Å²) in [4.78, 5) is 4.52. The summed E-state index contributed by atoms with van der Waals surface area (Å²) in [5.41, 5.74) is 1.93. The lowest BCUT2D eigenvalue weighted by molar-refractivity contribution is 0.471. The third-order valence-electron chi connectivity index (χ3n) is 3.14. The molecule has 0 saturated carbocycles. The van der Waals surface area contributed by atoms with Gasteiger partial charge in [0.05, 0.1) is 4.90 Å². The number of sulfonamides is 1. The van der Waals surface area contributed by atoms with Crippen LogP contribution in [0, 0.1) is 6.92 Å². The molecule has 1 aromatic carbocycles. The van der Waals surface area contributed by atoms with Gasteiger partial charge in [0.25, 0.3) is 0 Å². The molecule has 0 aliphatic rings. The van der Waals surface area contributed by atoms with Crippen molar-refractivity contribution in [2.75, 3.05) is 13.6 Å². The standard InChI is InChI=1S/C15H18N2O2S/c1-13-6-8-15(9-7-13)20(18,19)17(2)12-10-14-5-3-4-11-16-14/h3-9,11H,10,12H2,1-2H3. The van der Waals surface area contributed by atoms with E-state index < -0.39 is 10.0 Å². The van der Waals surface area contributed by atoms with E-state index in [0.717, 1.165) is 11.3 Å². The van der Waals surface area contributed by atoms with E-state index in [1.807, 2.05) is 25.1 Å². The fourth-order valence-corrected chi connectivity index (χ4v) is 3.00. The molecule has 0 aliphatic carbocycles. The minimum atomic E-state index is -3.42. The quantitative estimate of drug-likeness (QED) is 0.848. The highest BCUT2D eigenvalue weighted by Crippen LogP contribution is 2.15. The van der Waals surface area contributed by atoms with E-state index in [0.29, 0.717) is 17.9 Å². The molecule has 1 heterocycles. The van der Waals surface area contributed by atoms with Crippen molar-refractivity contribution in [3.05, 3.63) is 59.9 Å². The number of benzene rings is 1. The van der Waals surface area contributed by atoms with Gasteiger partial charge in [0, 0.05) is 31.9 Å². The van der Waals surface area contributed by atoms with E-state index in [4.69, 9.17) is 0 Å². The molecular weight excluding hydrogens is 272 g/mol. The SMILES string of the molecule is Cc1ccc(S(=O)(=O)N(C)CCc2ccccn2)cc1. The first kappa shape index (κ1) is 14.7. The summed E-state index contributed by atoms with van der Waals surface area (Å²) >= 11 is 0. The van der Waals surface area contributed by atoms with E-state index in [2.05, 4.69) is 4.98 Å². The number of hydrogen-bond donors (Lipinski definition) is 0. The molecule has 1 aromatic heterocycles. The summed E-state index contributed by atoms with van der Waals surface area (Å²) in [6, 6.07) is 12.5. The van der Waals surface area contributed by atoms with Crippen LogP contribution in [-0.4, -0.2) is 31.3 Å². The average molecular weight is 290 g/mol. The monoisotopic (exact) mass is 290 g/mol. The van der Waals surface area contributed by atoms with Gasteiger partial charge in [-0.1, -0.05) is 23.8 Å². The molecule has 0 amide bonds. The highest BCUT2D eigenvalue weighted by Gasteiger charge is 2.20. The van der Waals surface area contributed by atoms with Crippen LogP contribution in [0.15, 0.2) is 53.6 Å². The van der Waals surface area contributed by atoms with Crippen LogP contribution < -0.4 is 0 Å². The minimum Gasteiger partial charge on any atom is -0.261 e. The third-order valence-corrected chi connectivity index (χ3v) is 5.01. The summed E-state index contributed by atoms with van der Waals surface area (Å²) in [5.74, 6) is 0. The smallest absolute Gasteiger partial charge is 0.242 e. The minimum absolute atomic E-state index is 0.326. The fourth-order valence-electron chi connectivity index (χ4n) is 1.83. The van der Waals surface area contributed by atoms with Crippen molar-refractivity contribution in [3.8, 4) is 0 Å². The number of aryl methyl sites for hydroxylation is 1. The van der Waals surface area contributed by atoms with Gasteiger partial charge in [0.15, 0.2) is 0 Å². The van der Waals surface area contributed by atoms with Crippen LogP contribution in [0.1, 0.15) is 11.3 Å². The molecule has 0 unspecified atom stereocenters. The van der Waals surface area contributed by atoms with Crippen molar-refractivity contribution in [1.29, 1.82) is 0 Å². The Labute approximate surface area is 120 Å². The molecular formula is C15H18N2O2S. The largest absolute Gasteiger partial charge is 0.261 e. The van der Waals surface area contributed by atoms with Crippen molar-refractivity contribution >= 4 is 10.0 Å². The molecule has 0 N–H and O–H groups in total. The second kappa shape index (κ2) is 6.15. The van der Waals surface area contributed by atoms with E-state index in [1.54, 1.807) is 37.5 Å². The Morgan fingerprint density at radius 2 is 1.80 bits per heavy atom. The van der Waals surface area contributed by atoms with Gasteiger partial charge in [-0.2, -0.15) is 0 Å². The van der Waals surface area contributed by atoms with Crippen LogP contribution in [0.4, 0.5) is 0 Å². The molecule has 0 bridgehead atoms. The van der Waals surface area contributed by atoms with Crippen LogP contribution in [0.2, 0.25) is 0 Å². The van der Waals surface area contributed by atoms with Crippen LogP contribution in [0.5, 0.6) is 0 Å². The van der Waals surface area contributed by atoms with Gasteiger partial charge in [0.1, 0.15) is 0 Å². The summed E-state index contributed by atoms with van der Waals surface area (Å²) in [6.45, 7) is 2.34. The lowest BCUT2D eigenvalue weighted by atomic mass is 10.2. The molecule has 5 heteroatoms. The Morgan fingerprint density at radius 3 is 2.40 bits per heavy atom. The van der Waals surface area contributed by atoms with Crippen molar-refractivity contribution < 1.29 is 8.42 Å². The molecule has 2 aromatic rings. The van der Waals surface area contributed by atoms with Crippen molar-refractivity contribution in [3.63, 3.8) is 0 Å². The number of hydrogen-bond acceptors (Lipinski definition) is 3. The number of pyridine rings is 1. The van der Waals surface area contributed by atoms with Gasteiger partial charge in [-0.05, 0) is 31.2 Å². The maximum absolute atomic E-state index is 12.4. The van der Waals surface area contributed by atoms with Gasteiger partial charge in [-0.15, -0.1) is 0 Å². The second-order valence-corrected chi connectivity index (χ2v) is 6.76. The Bertz CT molecular complexity index is 652. The molecule has 0 aliphatic heterocycles. The number of nitrogens with zero attached hydrogens (tertiary/aromatic N) is 2. The van der Waals surface area contributed by atoms with Gasteiger partial charge in [-0.25, -0.2) is 12.7 Å². The summed E-state index contributed by atoms with van der Waals surface area (Å²) in [7, 11) is -1.82. The van der Waals surface area contributed by atoms with E-state index in [9.17, 15) is 8.42 Å². The van der Waals surface area contributed by atoms with Gasteiger partial charge < -0.3 is 0 Å². The first-order valence-electron chi connectivity index (χ1n) is 6.43. The summed E-state index contributed by atoms with van der Waals surface area (Å²) < 4.78 is 26.1. The van der Waals surface area contributed by atoms with Gasteiger partial charge in [-0.3, -0.25) is 4.98 Å². The highest BCUT2D eigenvalue weighted by atomic mass is 32.2. The molecule has 0 atom stereocenters. The van der Waals surface area contributed by atoms with Gasteiger partial charge >= 0.3 is 0 Å². The van der Waals surface area contributed by atoms with E-state index in [-0.39, 0.29) is 0 Å². The molecule has 106 valence electrons. The lowest BCUT2D eigenvalue weighted by Gasteiger charge is -2.17. The van der Waals surface area contributed by atoms with Crippen molar-refractivity contribution in [2.45, 2.75) is 18.2 Å². The van der Waals surface area contributed by atoms with Gasteiger partial charge in [0.2, 0.25) is 10.0 Å². The second-order valence-electron chi connectivity index (χ2n) is 4.71. The zero-order valence-electron chi connectivity index (χ0n) is 11.7. The average Bonchev–Trinajstić information content (AvgIpc) is 2.46. The highest BCUT2D eigenvalue weighted by molar-refractivity contribution is 7.89. The van der Waals surface area contributed by atoms with Crippen LogP contribution in [0.3, 0.4) is 0 Å². The van der Waals surface area contributed by atoms with Crippen LogP contribution in [0.25, 0.3) is 0 Å². The lowest BCUT2D eigenvalue weighted by Crippen LogP contribution is -2.29. The third kappa shape index (κ3) is 3.43. The summed E-state index contributed by atoms with van der Waals surface area (Å²) in [6.07, 6.45) is 2.31. The number of likely N-dealkylation sites (N-methyl/N-ethyl adjacent to an activating group) is 1. The summed E-state index contributed by atoms with van der Waals surface area (Å²) in [5, 5.41) is 0. The zero-order valence-corrected chi connectivity index (χ0v) is 12.5. The molecule has 0 fully saturated rings. The van der Waals surface area contributed by atoms with Crippen molar-refractivity contribution in [1.82, 2.24) is 9.29 Å². The Balaban J connectivity index is 2.08. The Hall–Kier alpha value is -1.72. The molecule has 4 nitrogen and oxygen atoms in total. The van der Waals surface area contributed by atoms with Crippen molar-refractivity contribution in [2.24, 2.45) is 0 Å². The van der Waals surface area contributed by atoms with Crippen LogP contribution in [-0.2, 0) is 16.4 Å². The predicted octanol–water partition coefficient (Wildman–Crippen LogP) is 2.25. The fraction of sp³-hybridized carbons (Fsp3) is 0.267. The first-order chi connectivity index (χ1) is 9.50. The molecule has 20 heavy (non-hydrogen) atoms. The van der Waals surface area contributed by atoms with E-state index >= 15 is 0 Å². The maximum atomic E-state index is 12.4. The topological polar surface area (TPSA) is 50.3 Å². The van der Waals surface area contributed by atoms with E-state index in [1.165, 1.54) is 4.31 Å². The molecule has 0 radical (unpaired) electrons. The molecule has 2 rings (SSSR count). The van der Waals surface area contributed by atoms with Crippen LogP contribution >= 0.6 is 0 Å². The maximum Gasteiger partial charge on any atom is 0.242 e. The molecule has 0 spiro atoms. The molecule has 0 saturated heterocycles. The first-order valence-corrected chi connectivity index (χ1v) is 7.87. The zero-order chi connectivity index (χ0) is 14.6.